The molecule has 2 aromatic carbocycles. The van der Waals surface area contributed by atoms with Crippen molar-refractivity contribution in [1.29, 1.82) is 0 Å². The zero-order chi connectivity index (χ0) is 19.6. The number of anilines is 2. The number of amides is 1. The first-order valence-electron chi connectivity index (χ1n) is 7.86. The van der Waals surface area contributed by atoms with Gasteiger partial charge in [0.2, 0.25) is 0 Å². The minimum atomic E-state index is -0.620. The molecule has 27 heavy (non-hydrogen) atoms. The molecule has 1 aromatic heterocycles. The number of hydrogen-bond donors (Lipinski definition) is 3. The largest absolute Gasteiger partial charge is 0.733 e. The SMILES string of the molecule is CC(=O)/C(=C\n1c(=S)[nH]c2ccccc21)C(=O)Nc1ccc(N([O-])O)cc1. The van der Waals surface area contributed by atoms with Crippen LogP contribution in [0.3, 0.4) is 0 Å². The van der Waals surface area contributed by atoms with Crippen LogP contribution in [0.25, 0.3) is 17.2 Å². The van der Waals surface area contributed by atoms with Gasteiger partial charge in [-0.25, -0.2) is 0 Å². The molecule has 1 heterocycles. The van der Waals surface area contributed by atoms with E-state index < -0.39 is 11.7 Å². The zero-order valence-corrected chi connectivity index (χ0v) is 15.0. The van der Waals surface area contributed by atoms with Crippen molar-refractivity contribution < 1.29 is 14.8 Å². The van der Waals surface area contributed by atoms with Gasteiger partial charge in [-0.1, -0.05) is 12.1 Å². The third-order valence-electron chi connectivity index (χ3n) is 3.85. The fourth-order valence-electron chi connectivity index (χ4n) is 2.51. The molecule has 3 rings (SSSR count). The Morgan fingerprint density at radius 1 is 1.22 bits per heavy atom. The molecule has 3 aromatic rings. The van der Waals surface area contributed by atoms with Crippen molar-refractivity contribution in [3.05, 3.63) is 64.1 Å². The summed E-state index contributed by atoms with van der Waals surface area (Å²) in [6.07, 6.45) is 1.39. The van der Waals surface area contributed by atoms with Crippen molar-refractivity contribution in [2.45, 2.75) is 6.92 Å². The predicted molar refractivity (Wildman–Crippen MR) is 105 cm³/mol. The van der Waals surface area contributed by atoms with Crippen molar-refractivity contribution in [3.63, 3.8) is 0 Å². The number of hydrogen-bond acceptors (Lipinski definition) is 6. The molecule has 0 radical (unpaired) electrons. The lowest BCUT2D eigenvalue weighted by molar-refractivity contribution is -0.118. The van der Waals surface area contributed by atoms with Crippen molar-refractivity contribution in [1.82, 2.24) is 9.55 Å². The van der Waals surface area contributed by atoms with Crippen molar-refractivity contribution >= 4 is 52.5 Å². The van der Waals surface area contributed by atoms with E-state index in [0.717, 1.165) is 11.0 Å². The van der Waals surface area contributed by atoms with Gasteiger partial charge in [-0.15, -0.1) is 0 Å². The summed E-state index contributed by atoms with van der Waals surface area (Å²) in [5, 5.41) is 21.9. The number of carbonyl (C=O) groups excluding carboxylic acids is 2. The highest BCUT2D eigenvalue weighted by Gasteiger charge is 2.16. The van der Waals surface area contributed by atoms with E-state index in [1.54, 1.807) is 4.57 Å². The van der Waals surface area contributed by atoms with Crippen LogP contribution in [0.1, 0.15) is 6.92 Å². The molecule has 3 N–H and O–H groups in total. The number of benzene rings is 2. The maximum absolute atomic E-state index is 12.6. The van der Waals surface area contributed by atoms with Crippen molar-refractivity contribution in [3.8, 4) is 0 Å². The Morgan fingerprint density at radius 2 is 1.89 bits per heavy atom. The van der Waals surface area contributed by atoms with E-state index in [1.165, 1.54) is 37.4 Å². The lowest BCUT2D eigenvalue weighted by Crippen LogP contribution is -2.19. The molecular formula is C18H15N4O4S-. The zero-order valence-electron chi connectivity index (χ0n) is 14.2. The van der Waals surface area contributed by atoms with Crippen LogP contribution in [0.4, 0.5) is 11.4 Å². The molecule has 138 valence electrons. The summed E-state index contributed by atoms with van der Waals surface area (Å²) in [5.74, 6) is -1.05. The number of aromatic nitrogens is 2. The molecule has 0 atom stereocenters. The van der Waals surface area contributed by atoms with Crippen LogP contribution < -0.4 is 10.5 Å². The quantitative estimate of drug-likeness (QED) is 0.204. The second-order valence-electron chi connectivity index (χ2n) is 5.69. The highest BCUT2D eigenvalue weighted by atomic mass is 32.1. The lowest BCUT2D eigenvalue weighted by Gasteiger charge is -2.21. The minimum Gasteiger partial charge on any atom is -0.733 e. The summed E-state index contributed by atoms with van der Waals surface area (Å²) in [6.45, 7) is 1.29. The Kier molecular flexibility index (Phi) is 5.17. The van der Waals surface area contributed by atoms with E-state index in [-0.39, 0.29) is 16.5 Å². The van der Waals surface area contributed by atoms with Gasteiger partial charge in [0, 0.05) is 11.9 Å². The molecule has 0 saturated carbocycles. The topological polar surface area (TPSA) is 113 Å². The molecule has 0 unspecified atom stereocenters. The van der Waals surface area contributed by atoms with Gasteiger partial charge in [-0.2, -0.15) is 0 Å². The number of Topliss-reactive ketones (excluding diaryl/α,β-unsaturated/α-hetero) is 1. The van der Waals surface area contributed by atoms with Gasteiger partial charge in [0.1, 0.15) is 0 Å². The van der Waals surface area contributed by atoms with Gasteiger partial charge in [0.15, 0.2) is 10.6 Å². The molecule has 0 spiro atoms. The van der Waals surface area contributed by atoms with Gasteiger partial charge in [-0.3, -0.25) is 19.4 Å². The number of rotatable bonds is 5. The molecule has 0 bridgehead atoms. The number of nitrogens with one attached hydrogen (secondary N) is 2. The summed E-state index contributed by atoms with van der Waals surface area (Å²) in [6, 6.07) is 12.9. The van der Waals surface area contributed by atoms with E-state index in [4.69, 9.17) is 17.4 Å². The third kappa shape index (κ3) is 3.95. The number of fused-ring (bicyclic) bond motifs is 1. The van der Waals surface area contributed by atoms with Crippen LogP contribution in [-0.4, -0.2) is 26.4 Å². The molecule has 0 saturated heterocycles. The first kappa shape index (κ1) is 18.5. The molecule has 0 aliphatic heterocycles. The van der Waals surface area contributed by atoms with Gasteiger partial charge >= 0.3 is 0 Å². The average molecular weight is 383 g/mol. The van der Waals surface area contributed by atoms with Crippen LogP contribution in [0, 0.1) is 9.98 Å². The van der Waals surface area contributed by atoms with E-state index in [0.29, 0.717) is 10.5 Å². The number of aromatic amines is 1. The van der Waals surface area contributed by atoms with Crippen LogP contribution in [-0.2, 0) is 9.59 Å². The number of carbonyl (C=O) groups is 2. The highest BCUT2D eigenvalue weighted by Crippen LogP contribution is 2.18. The van der Waals surface area contributed by atoms with Crippen LogP contribution in [0.2, 0.25) is 0 Å². The van der Waals surface area contributed by atoms with Gasteiger partial charge in [0.25, 0.3) is 5.91 Å². The molecule has 0 aliphatic rings. The Labute approximate surface area is 158 Å². The van der Waals surface area contributed by atoms with Gasteiger partial charge < -0.3 is 20.7 Å². The normalized spacial score (nSPS) is 11.4. The highest BCUT2D eigenvalue weighted by molar-refractivity contribution is 7.71. The Balaban J connectivity index is 1.94. The second kappa shape index (κ2) is 7.54. The van der Waals surface area contributed by atoms with Crippen LogP contribution in [0.5, 0.6) is 0 Å². The number of ketones is 1. The fraction of sp³-hybridized carbons (Fsp3) is 0.0556. The minimum absolute atomic E-state index is 0.0143. The maximum atomic E-state index is 12.6. The first-order chi connectivity index (χ1) is 12.9. The number of H-pyrrole nitrogens is 1. The summed E-state index contributed by atoms with van der Waals surface area (Å²) < 4.78 is 1.91. The standard InChI is InChI=1S/C18H15N4O4S/c1-11(23)14(10-21-16-5-3-2-4-15(16)20-18(21)27)17(24)19-12-6-8-13(9-7-12)22(25)26/h2-10,25H,1H3,(H,19,24)(H,20,27)/q-1/b14-10+. The monoisotopic (exact) mass is 383 g/mol. The maximum Gasteiger partial charge on any atom is 0.260 e. The number of para-hydroxylation sites is 2. The van der Waals surface area contributed by atoms with Gasteiger partial charge in [-0.05, 0) is 55.5 Å². The molecular weight excluding hydrogens is 368 g/mol. The summed E-state index contributed by atoms with van der Waals surface area (Å²) in [5.41, 5.74) is 1.80. The summed E-state index contributed by atoms with van der Waals surface area (Å²) in [4.78, 5) is 27.6. The first-order valence-corrected chi connectivity index (χ1v) is 8.27. The molecule has 1 amide bonds. The summed E-state index contributed by atoms with van der Waals surface area (Å²) in [7, 11) is 0. The average Bonchev–Trinajstić information content (AvgIpc) is 2.94. The summed E-state index contributed by atoms with van der Waals surface area (Å²) >= 11 is 5.27. The second-order valence-corrected chi connectivity index (χ2v) is 6.08. The molecule has 0 aliphatic carbocycles. The van der Waals surface area contributed by atoms with Crippen LogP contribution in [0.15, 0.2) is 54.1 Å². The fourth-order valence-corrected chi connectivity index (χ4v) is 2.77. The van der Waals surface area contributed by atoms with Gasteiger partial charge in [0.05, 0.1) is 22.3 Å². The molecule has 8 nitrogen and oxygen atoms in total. The Bertz CT molecular complexity index is 1100. The Hall–Kier alpha value is -3.27. The van der Waals surface area contributed by atoms with Crippen LogP contribution >= 0.6 is 12.2 Å². The number of nitrogens with zero attached hydrogens (tertiary/aromatic N) is 2. The molecule has 9 heteroatoms. The van der Waals surface area contributed by atoms with E-state index in [9.17, 15) is 14.8 Å². The van der Waals surface area contributed by atoms with Crippen molar-refractivity contribution in [2.75, 3.05) is 10.5 Å². The predicted octanol–water partition coefficient (Wildman–Crippen LogP) is 3.46. The third-order valence-corrected chi connectivity index (χ3v) is 4.15. The lowest BCUT2D eigenvalue weighted by atomic mass is 10.1. The Morgan fingerprint density at radius 3 is 2.52 bits per heavy atom. The molecule has 0 fully saturated rings. The number of imidazole rings is 1. The van der Waals surface area contributed by atoms with E-state index >= 15 is 0 Å². The van der Waals surface area contributed by atoms with Crippen molar-refractivity contribution in [2.24, 2.45) is 0 Å². The smallest absolute Gasteiger partial charge is 0.260 e. The van der Waals surface area contributed by atoms with E-state index in [1.807, 2.05) is 24.3 Å². The van der Waals surface area contributed by atoms with E-state index in [2.05, 4.69) is 10.3 Å².